The molecule has 0 aromatic carbocycles. The fourth-order valence-corrected chi connectivity index (χ4v) is 1.30. The molecule has 0 radical (unpaired) electrons. The zero-order chi connectivity index (χ0) is 10.6. The predicted octanol–water partition coefficient (Wildman–Crippen LogP) is 0.678. The third-order valence-corrected chi connectivity index (χ3v) is 2.11. The van der Waals surface area contributed by atoms with Crippen LogP contribution in [0.25, 0.3) is 0 Å². The van der Waals surface area contributed by atoms with Gasteiger partial charge in [0.25, 0.3) is 0 Å². The number of hydrogen-bond donors (Lipinski definition) is 2. The summed E-state index contributed by atoms with van der Waals surface area (Å²) in [5.74, 6) is 0. The Kier molecular flexibility index (Phi) is 4.15. The van der Waals surface area contributed by atoms with E-state index in [1.54, 1.807) is 0 Å². The van der Waals surface area contributed by atoms with Crippen molar-refractivity contribution in [1.82, 2.24) is 5.32 Å². The van der Waals surface area contributed by atoms with Gasteiger partial charge >= 0.3 is 6.18 Å². The van der Waals surface area contributed by atoms with Gasteiger partial charge in [0.15, 0.2) is 6.10 Å². The molecule has 1 aliphatic heterocycles. The van der Waals surface area contributed by atoms with E-state index >= 15 is 0 Å². The zero-order valence-electron chi connectivity index (χ0n) is 7.68. The molecule has 1 rings (SSSR count). The zero-order valence-corrected chi connectivity index (χ0v) is 7.68. The number of hydrogen-bond acceptors (Lipinski definition) is 3. The summed E-state index contributed by atoms with van der Waals surface area (Å²) in [4.78, 5) is 0. The number of nitrogens with one attached hydrogen (secondary N) is 1. The fourth-order valence-electron chi connectivity index (χ4n) is 1.30. The first-order chi connectivity index (χ1) is 6.50. The largest absolute Gasteiger partial charge is 0.415 e. The van der Waals surface area contributed by atoms with Gasteiger partial charge in [0.05, 0.1) is 6.10 Å². The van der Waals surface area contributed by atoms with E-state index in [1.807, 2.05) is 0 Å². The van der Waals surface area contributed by atoms with E-state index in [2.05, 4.69) is 5.32 Å². The van der Waals surface area contributed by atoms with Crippen LogP contribution in [0.15, 0.2) is 0 Å². The van der Waals surface area contributed by atoms with E-state index in [-0.39, 0.29) is 6.10 Å². The summed E-state index contributed by atoms with van der Waals surface area (Å²) in [6.45, 7) is 0.574. The molecule has 0 bridgehead atoms. The lowest BCUT2D eigenvalue weighted by Gasteiger charge is -2.16. The van der Waals surface area contributed by atoms with E-state index in [9.17, 15) is 13.2 Å². The first kappa shape index (κ1) is 11.7. The minimum atomic E-state index is -4.54. The average Bonchev–Trinajstić information content (AvgIpc) is 2.55. The third kappa shape index (κ3) is 3.81. The van der Waals surface area contributed by atoms with Gasteiger partial charge in [0.1, 0.15) is 0 Å². The number of aliphatic hydroxyl groups excluding tert-OH is 1. The van der Waals surface area contributed by atoms with Crippen LogP contribution in [-0.4, -0.2) is 43.2 Å². The molecule has 0 spiro atoms. The van der Waals surface area contributed by atoms with Crippen molar-refractivity contribution in [3.05, 3.63) is 0 Å². The van der Waals surface area contributed by atoms with Gasteiger partial charge in [0, 0.05) is 19.7 Å². The monoisotopic (exact) mass is 213 g/mol. The lowest BCUT2D eigenvalue weighted by atomic mass is 10.2. The second kappa shape index (κ2) is 4.95. The minimum Gasteiger partial charge on any atom is -0.382 e. The van der Waals surface area contributed by atoms with Crippen molar-refractivity contribution in [2.45, 2.75) is 31.2 Å². The summed E-state index contributed by atoms with van der Waals surface area (Å²) < 4.78 is 40.7. The number of halogens is 3. The summed E-state index contributed by atoms with van der Waals surface area (Å²) in [5.41, 5.74) is 0. The van der Waals surface area contributed by atoms with Crippen molar-refractivity contribution in [3.8, 4) is 0 Å². The van der Waals surface area contributed by atoms with Gasteiger partial charge < -0.3 is 15.2 Å². The van der Waals surface area contributed by atoms with Crippen LogP contribution >= 0.6 is 0 Å². The molecule has 1 fully saturated rings. The molecule has 0 unspecified atom stereocenters. The molecule has 0 saturated carbocycles. The van der Waals surface area contributed by atoms with Crippen molar-refractivity contribution in [2.75, 3.05) is 19.7 Å². The van der Waals surface area contributed by atoms with Gasteiger partial charge in [-0.05, 0) is 12.8 Å². The standard InChI is InChI=1S/C8H14F3NO2/c9-8(10,11)7(13)5-12-4-6-2-1-3-14-6/h6-7,12-13H,1-5H2/t6-,7+/m1/s1. The molecule has 1 aliphatic rings. The molecule has 0 aromatic rings. The molecule has 3 nitrogen and oxygen atoms in total. The highest BCUT2D eigenvalue weighted by molar-refractivity contribution is 4.72. The van der Waals surface area contributed by atoms with Crippen LogP contribution in [-0.2, 0) is 4.74 Å². The minimum absolute atomic E-state index is 0.00423. The van der Waals surface area contributed by atoms with Crippen LogP contribution in [0.1, 0.15) is 12.8 Å². The first-order valence-electron chi connectivity index (χ1n) is 4.57. The number of ether oxygens (including phenoxy) is 1. The number of rotatable bonds is 4. The van der Waals surface area contributed by atoms with Crippen molar-refractivity contribution in [2.24, 2.45) is 0 Å². The quantitative estimate of drug-likeness (QED) is 0.721. The summed E-state index contributed by atoms with van der Waals surface area (Å²) in [7, 11) is 0. The third-order valence-electron chi connectivity index (χ3n) is 2.11. The van der Waals surface area contributed by atoms with Crippen LogP contribution in [0.5, 0.6) is 0 Å². The molecule has 1 saturated heterocycles. The van der Waals surface area contributed by atoms with Crippen molar-refractivity contribution in [1.29, 1.82) is 0 Å². The predicted molar refractivity (Wildman–Crippen MR) is 43.9 cm³/mol. The van der Waals surface area contributed by atoms with Gasteiger partial charge in [0.2, 0.25) is 0 Å². The Morgan fingerprint density at radius 1 is 1.50 bits per heavy atom. The van der Waals surface area contributed by atoms with Crippen molar-refractivity contribution in [3.63, 3.8) is 0 Å². The average molecular weight is 213 g/mol. The Morgan fingerprint density at radius 3 is 2.71 bits per heavy atom. The van der Waals surface area contributed by atoms with E-state index in [0.29, 0.717) is 13.2 Å². The Labute approximate surface area is 80.2 Å². The van der Waals surface area contributed by atoms with E-state index in [0.717, 1.165) is 12.8 Å². The molecular weight excluding hydrogens is 199 g/mol. The summed E-state index contributed by atoms with van der Waals surface area (Å²) >= 11 is 0. The number of aliphatic hydroxyl groups is 1. The molecule has 6 heteroatoms. The smallest absolute Gasteiger partial charge is 0.382 e. The highest BCUT2D eigenvalue weighted by Crippen LogP contribution is 2.19. The molecule has 0 aliphatic carbocycles. The van der Waals surface area contributed by atoms with Crippen LogP contribution in [0.4, 0.5) is 13.2 Å². The van der Waals surface area contributed by atoms with Gasteiger partial charge in [-0.15, -0.1) is 0 Å². The normalized spacial score (nSPS) is 25.3. The van der Waals surface area contributed by atoms with Crippen LogP contribution in [0.3, 0.4) is 0 Å². The van der Waals surface area contributed by atoms with Crippen LogP contribution < -0.4 is 5.32 Å². The second-order valence-corrected chi connectivity index (χ2v) is 3.35. The maximum atomic E-state index is 11.8. The van der Waals surface area contributed by atoms with Gasteiger partial charge in [-0.2, -0.15) is 13.2 Å². The summed E-state index contributed by atoms with van der Waals surface area (Å²) in [5, 5.41) is 11.2. The highest BCUT2D eigenvalue weighted by Gasteiger charge is 2.37. The highest BCUT2D eigenvalue weighted by atomic mass is 19.4. The lowest BCUT2D eigenvalue weighted by molar-refractivity contribution is -0.202. The Hall–Kier alpha value is -0.330. The van der Waals surface area contributed by atoms with E-state index < -0.39 is 18.8 Å². The van der Waals surface area contributed by atoms with E-state index in [4.69, 9.17) is 9.84 Å². The molecule has 14 heavy (non-hydrogen) atoms. The maximum absolute atomic E-state index is 11.8. The van der Waals surface area contributed by atoms with Crippen LogP contribution in [0, 0.1) is 0 Å². The lowest BCUT2D eigenvalue weighted by Crippen LogP contribution is -2.40. The molecule has 1 heterocycles. The second-order valence-electron chi connectivity index (χ2n) is 3.35. The topological polar surface area (TPSA) is 41.5 Å². The summed E-state index contributed by atoms with van der Waals surface area (Å²) in [6.07, 6.45) is -5.01. The first-order valence-corrected chi connectivity index (χ1v) is 4.57. The van der Waals surface area contributed by atoms with Crippen molar-refractivity contribution >= 4 is 0 Å². The fraction of sp³-hybridized carbons (Fsp3) is 1.00. The molecule has 2 atom stereocenters. The Balaban J connectivity index is 2.08. The molecular formula is C8H14F3NO2. The van der Waals surface area contributed by atoms with Crippen LogP contribution in [0.2, 0.25) is 0 Å². The van der Waals surface area contributed by atoms with Gasteiger partial charge in [-0.25, -0.2) is 0 Å². The molecule has 0 aromatic heterocycles. The molecule has 0 amide bonds. The number of alkyl halides is 3. The Bertz CT molecular complexity index is 168. The SMILES string of the molecule is O[C@@H](CNC[C@H]1CCCO1)C(F)(F)F. The maximum Gasteiger partial charge on any atom is 0.415 e. The van der Waals surface area contributed by atoms with Gasteiger partial charge in [-0.3, -0.25) is 0 Å². The van der Waals surface area contributed by atoms with E-state index in [1.165, 1.54) is 0 Å². The van der Waals surface area contributed by atoms with Crippen molar-refractivity contribution < 1.29 is 23.0 Å². The summed E-state index contributed by atoms with van der Waals surface area (Å²) in [6, 6.07) is 0. The molecule has 84 valence electrons. The molecule has 2 N–H and O–H groups in total. The van der Waals surface area contributed by atoms with Gasteiger partial charge in [-0.1, -0.05) is 0 Å². The Morgan fingerprint density at radius 2 is 2.21 bits per heavy atom.